The van der Waals surface area contributed by atoms with Crippen LogP contribution in [0.25, 0.3) is 0 Å². The van der Waals surface area contributed by atoms with E-state index < -0.39 is 6.04 Å². The Kier molecular flexibility index (Phi) is 6.74. The van der Waals surface area contributed by atoms with Crippen molar-refractivity contribution in [3.05, 3.63) is 23.8 Å². The minimum absolute atomic E-state index is 0.00163. The molecule has 1 N–H and O–H groups in total. The van der Waals surface area contributed by atoms with E-state index in [1.165, 1.54) is 31.2 Å². The zero-order chi connectivity index (χ0) is 20.3. The van der Waals surface area contributed by atoms with Gasteiger partial charge in [0.25, 0.3) is 0 Å². The first-order valence-corrected chi connectivity index (χ1v) is 11.7. The van der Waals surface area contributed by atoms with E-state index in [1.807, 2.05) is 6.92 Å². The monoisotopic (exact) mass is 402 g/mol. The van der Waals surface area contributed by atoms with Gasteiger partial charge in [-0.25, -0.2) is 0 Å². The molecule has 1 aliphatic carbocycles. The van der Waals surface area contributed by atoms with Crippen molar-refractivity contribution in [3.63, 3.8) is 0 Å². The number of rotatable bonds is 4. The summed E-state index contributed by atoms with van der Waals surface area (Å²) in [7, 11) is 0. The molecule has 1 aliphatic heterocycles. The number of carbonyl (C=O) groups excluding carboxylic acids is 2. The van der Waals surface area contributed by atoms with Gasteiger partial charge in [-0.05, 0) is 42.4 Å². The molecule has 3 rings (SSSR count). The predicted octanol–water partition coefficient (Wildman–Crippen LogP) is 5.04. The maximum absolute atomic E-state index is 13.2. The molecule has 0 unspecified atom stereocenters. The number of hydrogen-bond acceptors (Lipinski definition) is 3. The molecular formula is C23H34N2O2S. The molecule has 1 aromatic rings. The van der Waals surface area contributed by atoms with Gasteiger partial charge in [0, 0.05) is 10.9 Å². The minimum Gasteiger partial charge on any atom is -0.352 e. The first-order chi connectivity index (χ1) is 13.3. The van der Waals surface area contributed by atoms with Crippen molar-refractivity contribution in [2.75, 3.05) is 10.7 Å². The molecule has 1 aromatic carbocycles. The molecule has 2 aliphatic rings. The van der Waals surface area contributed by atoms with E-state index >= 15 is 0 Å². The summed E-state index contributed by atoms with van der Waals surface area (Å²) in [5.41, 5.74) is 2.08. The number of fused-ring (bicyclic) bond motifs is 1. The van der Waals surface area contributed by atoms with E-state index in [0.29, 0.717) is 12.2 Å². The summed E-state index contributed by atoms with van der Waals surface area (Å²) >= 11 is 1.58. The summed E-state index contributed by atoms with van der Waals surface area (Å²) in [6.07, 6.45) is 7.60. The van der Waals surface area contributed by atoms with Gasteiger partial charge in [-0.2, -0.15) is 0 Å². The van der Waals surface area contributed by atoms with Gasteiger partial charge in [-0.1, -0.05) is 59.4 Å². The Bertz CT molecular complexity index is 718. The summed E-state index contributed by atoms with van der Waals surface area (Å²) in [6.45, 7) is 8.52. The number of thioether (sulfide) groups is 1. The zero-order valence-electron chi connectivity index (χ0n) is 17.7. The lowest BCUT2D eigenvalue weighted by molar-refractivity contribution is -0.126. The lowest BCUT2D eigenvalue weighted by atomic mass is 9.86. The topological polar surface area (TPSA) is 49.4 Å². The normalized spacial score (nSPS) is 19.7. The maximum atomic E-state index is 13.2. The van der Waals surface area contributed by atoms with Crippen molar-refractivity contribution >= 4 is 29.3 Å². The van der Waals surface area contributed by atoms with Crippen LogP contribution in [0.3, 0.4) is 0 Å². The Labute approximate surface area is 173 Å². The van der Waals surface area contributed by atoms with Crippen molar-refractivity contribution in [2.24, 2.45) is 0 Å². The van der Waals surface area contributed by atoms with Crippen LogP contribution in [-0.2, 0) is 15.0 Å². The van der Waals surface area contributed by atoms with Crippen LogP contribution in [0.15, 0.2) is 23.1 Å². The highest BCUT2D eigenvalue weighted by Gasteiger charge is 2.35. The van der Waals surface area contributed by atoms with Gasteiger partial charge in [-0.15, -0.1) is 11.8 Å². The van der Waals surface area contributed by atoms with Gasteiger partial charge in [0.2, 0.25) is 11.8 Å². The van der Waals surface area contributed by atoms with Gasteiger partial charge in [0.1, 0.15) is 6.04 Å². The second-order valence-electron chi connectivity index (χ2n) is 9.11. The fraction of sp³-hybridized carbons (Fsp3) is 0.652. The largest absolute Gasteiger partial charge is 0.352 e. The van der Waals surface area contributed by atoms with E-state index in [4.69, 9.17) is 0 Å². The lowest BCUT2D eigenvalue weighted by Gasteiger charge is -2.36. The van der Waals surface area contributed by atoms with E-state index in [1.54, 1.807) is 16.7 Å². The number of amides is 2. The minimum atomic E-state index is -0.439. The lowest BCUT2D eigenvalue weighted by Crippen LogP contribution is -2.53. The fourth-order valence-corrected chi connectivity index (χ4v) is 5.07. The number of nitrogens with zero attached hydrogens (tertiary/aromatic N) is 1. The first-order valence-electron chi connectivity index (χ1n) is 10.7. The number of nitrogens with one attached hydrogen (secondary N) is 1. The van der Waals surface area contributed by atoms with Gasteiger partial charge in [-0.3, -0.25) is 14.5 Å². The van der Waals surface area contributed by atoms with Crippen molar-refractivity contribution in [3.8, 4) is 0 Å². The van der Waals surface area contributed by atoms with Crippen LogP contribution < -0.4 is 10.2 Å². The SMILES string of the molecule is CC[C@@H](C(=O)NC1CCCCCC1)N1C(=O)CSc2ccc(C(C)(C)C)cc21. The van der Waals surface area contributed by atoms with Crippen LogP contribution in [0.5, 0.6) is 0 Å². The highest BCUT2D eigenvalue weighted by Crippen LogP contribution is 2.39. The smallest absolute Gasteiger partial charge is 0.243 e. The molecule has 0 aromatic heterocycles. The molecule has 1 saturated carbocycles. The van der Waals surface area contributed by atoms with E-state index in [-0.39, 0.29) is 23.3 Å². The van der Waals surface area contributed by atoms with Crippen molar-refractivity contribution in [2.45, 2.75) is 95.0 Å². The molecule has 1 fully saturated rings. The Morgan fingerprint density at radius 2 is 1.89 bits per heavy atom. The molecule has 154 valence electrons. The van der Waals surface area contributed by atoms with Gasteiger partial charge >= 0.3 is 0 Å². The average molecular weight is 403 g/mol. The van der Waals surface area contributed by atoms with E-state index in [0.717, 1.165) is 23.4 Å². The quantitative estimate of drug-likeness (QED) is 0.718. The second-order valence-corrected chi connectivity index (χ2v) is 10.1. The summed E-state index contributed by atoms with van der Waals surface area (Å²) in [5.74, 6) is 0.433. The molecule has 0 saturated heterocycles. The van der Waals surface area contributed by atoms with Gasteiger partial charge < -0.3 is 5.32 Å². The predicted molar refractivity (Wildman–Crippen MR) is 117 cm³/mol. The highest BCUT2D eigenvalue weighted by molar-refractivity contribution is 8.00. The molecular weight excluding hydrogens is 368 g/mol. The molecule has 0 bridgehead atoms. The van der Waals surface area contributed by atoms with E-state index in [9.17, 15) is 9.59 Å². The van der Waals surface area contributed by atoms with Crippen LogP contribution in [0, 0.1) is 0 Å². The Morgan fingerprint density at radius 3 is 2.50 bits per heavy atom. The molecule has 2 amide bonds. The second kappa shape index (κ2) is 8.89. The van der Waals surface area contributed by atoms with Gasteiger partial charge in [0.15, 0.2) is 0 Å². The number of hydrogen-bond donors (Lipinski definition) is 1. The van der Waals surface area contributed by atoms with Crippen molar-refractivity contribution < 1.29 is 9.59 Å². The molecule has 1 heterocycles. The average Bonchev–Trinajstić information content (AvgIpc) is 2.91. The van der Waals surface area contributed by atoms with Crippen LogP contribution in [0.2, 0.25) is 0 Å². The van der Waals surface area contributed by atoms with E-state index in [2.05, 4.69) is 44.3 Å². The molecule has 0 radical (unpaired) electrons. The third-order valence-corrected chi connectivity index (χ3v) is 6.95. The van der Waals surface area contributed by atoms with Crippen LogP contribution in [-0.4, -0.2) is 29.7 Å². The first kappa shape index (κ1) is 21.2. The zero-order valence-corrected chi connectivity index (χ0v) is 18.5. The van der Waals surface area contributed by atoms with Crippen molar-refractivity contribution in [1.29, 1.82) is 0 Å². The van der Waals surface area contributed by atoms with Crippen molar-refractivity contribution in [1.82, 2.24) is 5.32 Å². The summed E-state index contributed by atoms with van der Waals surface area (Å²) < 4.78 is 0. The fourth-order valence-electron chi connectivity index (χ4n) is 4.19. The number of benzene rings is 1. The molecule has 0 spiro atoms. The Morgan fingerprint density at radius 1 is 1.21 bits per heavy atom. The summed E-state index contributed by atoms with van der Waals surface area (Å²) in [6, 6.07) is 6.17. The summed E-state index contributed by atoms with van der Waals surface area (Å²) in [4.78, 5) is 28.9. The number of carbonyl (C=O) groups is 2. The van der Waals surface area contributed by atoms with Gasteiger partial charge in [0.05, 0.1) is 11.4 Å². The maximum Gasteiger partial charge on any atom is 0.243 e. The third kappa shape index (κ3) is 4.73. The number of anilines is 1. The molecule has 28 heavy (non-hydrogen) atoms. The van der Waals surface area contributed by atoms with Crippen LogP contribution >= 0.6 is 11.8 Å². The highest BCUT2D eigenvalue weighted by atomic mass is 32.2. The molecule has 1 atom stereocenters. The van der Waals surface area contributed by atoms with Crippen LogP contribution in [0.1, 0.15) is 78.2 Å². The Balaban J connectivity index is 1.87. The molecule has 5 heteroatoms. The van der Waals surface area contributed by atoms with Crippen LogP contribution in [0.4, 0.5) is 5.69 Å². The molecule has 4 nitrogen and oxygen atoms in total. The third-order valence-electron chi connectivity index (χ3n) is 5.91. The summed E-state index contributed by atoms with van der Waals surface area (Å²) in [5, 5.41) is 3.26. The standard InChI is InChI=1S/C23H34N2O2S/c1-5-18(22(27)24-17-10-8-6-7-9-11-17)25-19-14-16(23(2,3)4)12-13-20(19)28-15-21(25)26/h12-14,17-18H,5-11,15H2,1-4H3,(H,24,27)/t18-/m0/s1. The Hall–Kier alpha value is -1.49.